The molecule has 21 heavy (non-hydrogen) atoms. The van der Waals surface area contributed by atoms with Crippen LogP contribution >= 0.6 is 43.2 Å². The predicted octanol–water partition coefficient (Wildman–Crippen LogP) is 5.17. The molecule has 0 fully saturated rings. The molecule has 0 radical (unpaired) electrons. The maximum Gasteiger partial charge on any atom is 0.147 e. The molecule has 0 saturated heterocycles. The summed E-state index contributed by atoms with van der Waals surface area (Å²) < 4.78 is 7.86. The summed E-state index contributed by atoms with van der Waals surface area (Å²) in [7, 11) is 0. The van der Waals surface area contributed by atoms with E-state index in [2.05, 4.69) is 68.4 Å². The molecule has 2 aromatic rings. The number of benzene rings is 1. The summed E-state index contributed by atoms with van der Waals surface area (Å²) in [5.74, 6) is 0.861. The molecule has 2 rings (SSSR count). The Morgan fingerprint density at radius 3 is 2.57 bits per heavy atom. The van der Waals surface area contributed by atoms with Crippen molar-refractivity contribution in [3.8, 4) is 5.75 Å². The highest BCUT2D eigenvalue weighted by molar-refractivity contribution is 9.11. The average Bonchev–Trinajstić information content (AvgIpc) is 2.95. The zero-order valence-corrected chi connectivity index (χ0v) is 15.9. The van der Waals surface area contributed by atoms with Crippen LogP contribution in [0.15, 0.2) is 38.6 Å². The lowest BCUT2D eigenvalue weighted by molar-refractivity contribution is 0.319. The molecule has 0 bridgehead atoms. The summed E-state index contributed by atoms with van der Waals surface area (Å²) in [4.78, 5) is 1.34. The first kappa shape index (κ1) is 17.0. The van der Waals surface area contributed by atoms with E-state index in [0.29, 0.717) is 6.61 Å². The standard InChI is InChI=1S/C16H19Br2NOS/c1-2-12(19)8-11-9-14(17)16(15(18)10-11)20-6-5-13-4-3-7-21-13/h3-4,7,9-10,12H,2,5-6,8,19H2,1H3. The van der Waals surface area contributed by atoms with Crippen molar-refractivity contribution >= 4 is 43.2 Å². The first-order valence-electron chi connectivity index (χ1n) is 6.98. The molecule has 0 aliphatic carbocycles. The Hall–Kier alpha value is -0.360. The van der Waals surface area contributed by atoms with Crippen molar-refractivity contribution in [1.82, 2.24) is 0 Å². The van der Waals surface area contributed by atoms with Crippen LogP contribution in [-0.4, -0.2) is 12.6 Å². The van der Waals surface area contributed by atoms with Gasteiger partial charge in [0.25, 0.3) is 0 Å². The van der Waals surface area contributed by atoms with Crippen molar-refractivity contribution < 1.29 is 4.74 Å². The van der Waals surface area contributed by atoms with Crippen LogP contribution in [0.4, 0.5) is 0 Å². The van der Waals surface area contributed by atoms with Crippen LogP contribution in [-0.2, 0) is 12.8 Å². The Balaban J connectivity index is 1.99. The first-order chi connectivity index (χ1) is 10.1. The van der Waals surface area contributed by atoms with Gasteiger partial charge < -0.3 is 10.5 Å². The van der Waals surface area contributed by atoms with Crippen molar-refractivity contribution in [3.05, 3.63) is 49.0 Å². The van der Waals surface area contributed by atoms with E-state index in [1.165, 1.54) is 10.4 Å². The fraction of sp³-hybridized carbons (Fsp3) is 0.375. The van der Waals surface area contributed by atoms with Crippen LogP contribution in [0.1, 0.15) is 23.8 Å². The fourth-order valence-electron chi connectivity index (χ4n) is 2.02. The highest BCUT2D eigenvalue weighted by Gasteiger charge is 2.11. The zero-order valence-electron chi connectivity index (χ0n) is 11.9. The Kier molecular flexibility index (Phi) is 6.74. The lowest BCUT2D eigenvalue weighted by atomic mass is 10.0. The van der Waals surface area contributed by atoms with E-state index in [1.807, 2.05) is 0 Å². The van der Waals surface area contributed by atoms with Gasteiger partial charge in [0.05, 0.1) is 15.6 Å². The van der Waals surface area contributed by atoms with E-state index in [-0.39, 0.29) is 6.04 Å². The van der Waals surface area contributed by atoms with Gasteiger partial charge >= 0.3 is 0 Å². The topological polar surface area (TPSA) is 35.2 Å². The number of nitrogens with two attached hydrogens (primary N) is 1. The molecule has 2 nitrogen and oxygen atoms in total. The summed E-state index contributed by atoms with van der Waals surface area (Å²) in [6.07, 6.45) is 2.79. The van der Waals surface area contributed by atoms with E-state index < -0.39 is 0 Å². The van der Waals surface area contributed by atoms with E-state index in [0.717, 1.165) is 34.0 Å². The van der Waals surface area contributed by atoms with Gasteiger partial charge in [-0.1, -0.05) is 13.0 Å². The number of ether oxygens (including phenoxy) is 1. The molecule has 2 N–H and O–H groups in total. The highest BCUT2D eigenvalue weighted by atomic mass is 79.9. The van der Waals surface area contributed by atoms with Crippen molar-refractivity contribution in [2.24, 2.45) is 5.73 Å². The molecular formula is C16H19Br2NOS. The van der Waals surface area contributed by atoms with Gasteiger partial charge in [0.15, 0.2) is 0 Å². The third-order valence-corrected chi connectivity index (χ3v) is 5.37. The molecule has 1 heterocycles. The van der Waals surface area contributed by atoms with Gasteiger partial charge in [-0.15, -0.1) is 11.3 Å². The van der Waals surface area contributed by atoms with Gasteiger partial charge in [-0.3, -0.25) is 0 Å². The minimum Gasteiger partial charge on any atom is -0.491 e. The van der Waals surface area contributed by atoms with Crippen LogP contribution in [0, 0.1) is 0 Å². The number of hydrogen-bond donors (Lipinski definition) is 1. The Labute approximate surface area is 147 Å². The van der Waals surface area contributed by atoms with Crippen molar-refractivity contribution in [3.63, 3.8) is 0 Å². The van der Waals surface area contributed by atoms with Crippen LogP contribution in [0.25, 0.3) is 0 Å². The van der Waals surface area contributed by atoms with Gasteiger partial charge in [0, 0.05) is 17.3 Å². The molecular weight excluding hydrogens is 414 g/mol. The van der Waals surface area contributed by atoms with Crippen LogP contribution in [0.5, 0.6) is 5.75 Å². The molecule has 1 atom stereocenters. The summed E-state index contributed by atoms with van der Waals surface area (Å²) in [5, 5.41) is 2.09. The average molecular weight is 433 g/mol. The van der Waals surface area contributed by atoms with Gasteiger partial charge in [-0.25, -0.2) is 0 Å². The van der Waals surface area contributed by atoms with Crippen molar-refractivity contribution in [1.29, 1.82) is 0 Å². The van der Waals surface area contributed by atoms with E-state index >= 15 is 0 Å². The van der Waals surface area contributed by atoms with Crippen molar-refractivity contribution in [2.75, 3.05) is 6.61 Å². The molecule has 0 aliphatic heterocycles. The third-order valence-electron chi connectivity index (χ3n) is 3.26. The quantitative estimate of drug-likeness (QED) is 0.654. The SMILES string of the molecule is CCC(N)Cc1cc(Br)c(OCCc2cccs2)c(Br)c1. The normalized spacial score (nSPS) is 12.4. The minimum atomic E-state index is 0.203. The van der Waals surface area contributed by atoms with Gasteiger partial charge in [-0.2, -0.15) is 0 Å². The number of thiophene rings is 1. The van der Waals surface area contributed by atoms with E-state index in [1.54, 1.807) is 11.3 Å². The maximum absolute atomic E-state index is 6.02. The summed E-state index contributed by atoms with van der Waals surface area (Å²) in [5.41, 5.74) is 7.23. The first-order valence-corrected chi connectivity index (χ1v) is 9.45. The van der Waals surface area contributed by atoms with Crippen LogP contribution in [0.3, 0.4) is 0 Å². The largest absolute Gasteiger partial charge is 0.491 e. The fourth-order valence-corrected chi connectivity index (χ4v) is 4.22. The summed E-state index contributed by atoms with van der Waals surface area (Å²) in [6.45, 7) is 2.78. The molecule has 1 aromatic carbocycles. The van der Waals surface area contributed by atoms with Gasteiger partial charge in [-0.05, 0) is 73.8 Å². The van der Waals surface area contributed by atoms with Crippen LogP contribution < -0.4 is 10.5 Å². The Bertz CT molecular complexity index is 549. The van der Waals surface area contributed by atoms with E-state index in [4.69, 9.17) is 10.5 Å². The molecule has 5 heteroatoms. The second-order valence-electron chi connectivity index (χ2n) is 4.94. The maximum atomic E-state index is 6.02. The lowest BCUT2D eigenvalue weighted by Gasteiger charge is -2.14. The number of hydrogen-bond acceptors (Lipinski definition) is 3. The summed E-state index contributed by atoms with van der Waals surface area (Å²) in [6, 6.07) is 8.60. The van der Waals surface area contributed by atoms with Crippen molar-refractivity contribution in [2.45, 2.75) is 32.2 Å². The van der Waals surface area contributed by atoms with Gasteiger partial charge in [0.1, 0.15) is 5.75 Å². The second kappa shape index (κ2) is 8.32. The molecule has 114 valence electrons. The number of halogens is 2. The monoisotopic (exact) mass is 431 g/mol. The highest BCUT2D eigenvalue weighted by Crippen LogP contribution is 2.35. The molecule has 0 amide bonds. The predicted molar refractivity (Wildman–Crippen MR) is 97.3 cm³/mol. The molecule has 0 saturated carbocycles. The molecule has 0 aliphatic rings. The van der Waals surface area contributed by atoms with Gasteiger partial charge in [0.2, 0.25) is 0 Å². The third kappa shape index (κ3) is 5.09. The van der Waals surface area contributed by atoms with Crippen LogP contribution in [0.2, 0.25) is 0 Å². The smallest absolute Gasteiger partial charge is 0.147 e. The molecule has 1 aromatic heterocycles. The number of rotatable bonds is 7. The summed E-state index contributed by atoms with van der Waals surface area (Å²) >= 11 is 8.95. The Morgan fingerprint density at radius 2 is 2.00 bits per heavy atom. The second-order valence-corrected chi connectivity index (χ2v) is 7.68. The molecule has 1 unspecified atom stereocenters. The Morgan fingerprint density at radius 1 is 1.29 bits per heavy atom. The van der Waals surface area contributed by atoms with E-state index in [9.17, 15) is 0 Å². The minimum absolute atomic E-state index is 0.203. The lowest BCUT2D eigenvalue weighted by Crippen LogP contribution is -2.21. The zero-order chi connectivity index (χ0) is 15.2. The molecule has 0 spiro atoms.